The Morgan fingerprint density at radius 1 is 1.21 bits per heavy atom. The van der Waals surface area contributed by atoms with Gasteiger partial charge in [-0.15, -0.1) is 0 Å². The predicted molar refractivity (Wildman–Crippen MR) is 79.5 cm³/mol. The van der Waals surface area contributed by atoms with E-state index < -0.39 is 0 Å². The molecule has 19 heavy (non-hydrogen) atoms. The number of aromatic nitrogens is 1. The standard InChI is InChI=1S/C16H21N3/c1-13-16-12-14(2-3-15(16)4-6-18-13)5-9-19-10-7-17-8-11-19/h2-4,6,12,17H,5,7-11H2,1H3. The van der Waals surface area contributed by atoms with Crippen molar-refractivity contribution in [1.29, 1.82) is 0 Å². The van der Waals surface area contributed by atoms with Crippen LogP contribution in [0.2, 0.25) is 0 Å². The molecular weight excluding hydrogens is 234 g/mol. The van der Waals surface area contributed by atoms with Crippen molar-refractivity contribution in [2.45, 2.75) is 13.3 Å². The van der Waals surface area contributed by atoms with Crippen LogP contribution in [0.4, 0.5) is 0 Å². The topological polar surface area (TPSA) is 28.2 Å². The van der Waals surface area contributed by atoms with Gasteiger partial charge in [0.1, 0.15) is 0 Å². The van der Waals surface area contributed by atoms with Gasteiger partial charge in [0.05, 0.1) is 0 Å². The van der Waals surface area contributed by atoms with E-state index in [2.05, 4.69) is 46.4 Å². The molecule has 1 saturated heterocycles. The second kappa shape index (κ2) is 5.68. The predicted octanol–water partition coefficient (Wildman–Crippen LogP) is 1.99. The van der Waals surface area contributed by atoms with E-state index in [1.165, 1.54) is 29.4 Å². The summed E-state index contributed by atoms with van der Waals surface area (Å²) >= 11 is 0. The summed E-state index contributed by atoms with van der Waals surface area (Å²) in [6.07, 6.45) is 3.02. The molecule has 0 radical (unpaired) electrons. The smallest absolute Gasteiger partial charge is 0.0451 e. The van der Waals surface area contributed by atoms with Crippen molar-refractivity contribution >= 4 is 10.8 Å². The van der Waals surface area contributed by atoms with Crippen LogP contribution in [0.1, 0.15) is 11.3 Å². The zero-order valence-electron chi connectivity index (χ0n) is 11.5. The lowest BCUT2D eigenvalue weighted by atomic mass is 10.0. The van der Waals surface area contributed by atoms with Crippen LogP contribution >= 0.6 is 0 Å². The minimum Gasteiger partial charge on any atom is -0.314 e. The minimum absolute atomic E-state index is 1.13. The van der Waals surface area contributed by atoms with Crippen LogP contribution < -0.4 is 5.32 Å². The van der Waals surface area contributed by atoms with Crippen molar-refractivity contribution in [3.8, 4) is 0 Å². The monoisotopic (exact) mass is 255 g/mol. The zero-order chi connectivity index (χ0) is 13.1. The molecule has 0 saturated carbocycles. The number of fused-ring (bicyclic) bond motifs is 1. The highest BCUT2D eigenvalue weighted by molar-refractivity contribution is 5.84. The molecule has 1 aromatic heterocycles. The highest BCUT2D eigenvalue weighted by Gasteiger charge is 2.09. The van der Waals surface area contributed by atoms with Gasteiger partial charge in [0.25, 0.3) is 0 Å². The maximum Gasteiger partial charge on any atom is 0.0451 e. The van der Waals surface area contributed by atoms with Crippen molar-refractivity contribution in [3.63, 3.8) is 0 Å². The molecule has 0 spiro atoms. The van der Waals surface area contributed by atoms with Crippen LogP contribution in [-0.4, -0.2) is 42.6 Å². The Morgan fingerprint density at radius 3 is 2.89 bits per heavy atom. The molecule has 2 aromatic rings. The Morgan fingerprint density at radius 2 is 2.05 bits per heavy atom. The van der Waals surface area contributed by atoms with Crippen LogP contribution in [0.3, 0.4) is 0 Å². The van der Waals surface area contributed by atoms with Gasteiger partial charge in [-0.2, -0.15) is 0 Å². The normalized spacial score (nSPS) is 16.9. The summed E-state index contributed by atoms with van der Waals surface area (Å²) in [6, 6.07) is 8.86. The van der Waals surface area contributed by atoms with Crippen LogP contribution in [0.15, 0.2) is 30.5 Å². The number of hydrogen-bond acceptors (Lipinski definition) is 3. The minimum atomic E-state index is 1.13. The van der Waals surface area contributed by atoms with Crippen molar-refractivity contribution in [2.75, 3.05) is 32.7 Å². The van der Waals surface area contributed by atoms with Gasteiger partial charge in [0.15, 0.2) is 0 Å². The molecule has 3 nitrogen and oxygen atoms in total. The summed E-state index contributed by atoms with van der Waals surface area (Å²) in [7, 11) is 0. The van der Waals surface area contributed by atoms with Crippen molar-refractivity contribution in [2.24, 2.45) is 0 Å². The fraction of sp³-hybridized carbons (Fsp3) is 0.438. The van der Waals surface area contributed by atoms with Gasteiger partial charge >= 0.3 is 0 Å². The summed E-state index contributed by atoms with van der Waals surface area (Å²) in [4.78, 5) is 6.92. The highest BCUT2D eigenvalue weighted by Crippen LogP contribution is 2.18. The van der Waals surface area contributed by atoms with Gasteiger partial charge in [-0.3, -0.25) is 4.98 Å². The number of benzene rings is 1. The first kappa shape index (κ1) is 12.6. The zero-order valence-corrected chi connectivity index (χ0v) is 11.5. The Bertz CT molecular complexity index is 559. The number of nitrogens with zero attached hydrogens (tertiary/aromatic N) is 2. The maximum absolute atomic E-state index is 4.38. The molecule has 100 valence electrons. The van der Waals surface area contributed by atoms with Crippen LogP contribution in [-0.2, 0) is 6.42 Å². The fourth-order valence-electron chi connectivity index (χ4n) is 2.74. The third-order valence-corrected chi connectivity index (χ3v) is 3.96. The molecule has 0 aliphatic carbocycles. The number of pyridine rings is 1. The quantitative estimate of drug-likeness (QED) is 0.909. The number of aryl methyl sites for hydroxylation is 1. The van der Waals surface area contributed by atoms with Gasteiger partial charge in [0, 0.05) is 50.0 Å². The molecule has 1 fully saturated rings. The average molecular weight is 255 g/mol. The summed E-state index contributed by atoms with van der Waals surface area (Å²) in [5.74, 6) is 0. The third-order valence-electron chi connectivity index (χ3n) is 3.96. The number of nitrogens with one attached hydrogen (secondary N) is 1. The van der Waals surface area contributed by atoms with Crippen LogP contribution in [0.25, 0.3) is 10.8 Å². The van der Waals surface area contributed by atoms with Crippen molar-refractivity contribution in [1.82, 2.24) is 15.2 Å². The molecule has 2 heterocycles. The number of piperazine rings is 1. The second-order valence-electron chi connectivity index (χ2n) is 5.29. The van der Waals surface area contributed by atoms with Crippen LogP contribution in [0.5, 0.6) is 0 Å². The maximum atomic E-state index is 4.38. The van der Waals surface area contributed by atoms with Gasteiger partial charge in [-0.05, 0) is 36.4 Å². The van der Waals surface area contributed by atoms with E-state index in [1.54, 1.807) is 0 Å². The van der Waals surface area contributed by atoms with Crippen molar-refractivity contribution in [3.05, 3.63) is 41.7 Å². The fourth-order valence-corrected chi connectivity index (χ4v) is 2.74. The lowest BCUT2D eigenvalue weighted by Gasteiger charge is -2.27. The van der Waals surface area contributed by atoms with E-state index in [9.17, 15) is 0 Å². The van der Waals surface area contributed by atoms with Gasteiger partial charge < -0.3 is 10.2 Å². The van der Waals surface area contributed by atoms with Crippen molar-refractivity contribution < 1.29 is 0 Å². The number of hydrogen-bond donors (Lipinski definition) is 1. The summed E-state index contributed by atoms with van der Waals surface area (Å²) in [5.41, 5.74) is 2.55. The summed E-state index contributed by atoms with van der Waals surface area (Å²) in [5, 5.41) is 5.98. The highest BCUT2D eigenvalue weighted by atomic mass is 15.2. The first-order chi connectivity index (χ1) is 9.33. The average Bonchev–Trinajstić information content (AvgIpc) is 2.47. The van der Waals surface area contributed by atoms with Crippen LogP contribution in [0, 0.1) is 6.92 Å². The summed E-state index contributed by atoms with van der Waals surface area (Å²) in [6.45, 7) is 7.85. The Labute approximate surface area is 114 Å². The lowest BCUT2D eigenvalue weighted by Crippen LogP contribution is -2.44. The van der Waals surface area contributed by atoms with E-state index in [0.717, 1.165) is 31.7 Å². The van der Waals surface area contributed by atoms with Gasteiger partial charge in [-0.25, -0.2) is 0 Å². The van der Waals surface area contributed by atoms with E-state index >= 15 is 0 Å². The molecule has 1 aliphatic heterocycles. The lowest BCUT2D eigenvalue weighted by molar-refractivity contribution is 0.244. The van der Waals surface area contributed by atoms with E-state index in [4.69, 9.17) is 0 Å². The van der Waals surface area contributed by atoms with Gasteiger partial charge in [0.2, 0.25) is 0 Å². The molecule has 0 atom stereocenters. The molecule has 1 N–H and O–H groups in total. The van der Waals surface area contributed by atoms with Gasteiger partial charge in [-0.1, -0.05) is 12.1 Å². The molecule has 1 aliphatic rings. The third kappa shape index (κ3) is 2.94. The summed E-state index contributed by atoms with van der Waals surface area (Å²) < 4.78 is 0. The largest absolute Gasteiger partial charge is 0.314 e. The first-order valence-electron chi connectivity index (χ1n) is 7.10. The molecule has 0 unspecified atom stereocenters. The Kier molecular flexibility index (Phi) is 3.76. The Balaban J connectivity index is 1.72. The Hall–Kier alpha value is -1.45. The molecule has 0 amide bonds. The SMILES string of the molecule is Cc1nccc2ccc(CCN3CCNCC3)cc12. The van der Waals surface area contributed by atoms with E-state index in [0.29, 0.717) is 0 Å². The van der Waals surface area contributed by atoms with E-state index in [1.807, 2.05) is 6.20 Å². The molecular formula is C16H21N3. The molecule has 3 rings (SSSR count). The molecule has 3 heteroatoms. The second-order valence-corrected chi connectivity index (χ2v) is 5.29. The molecule has 0 bridgehead atoms. The first-order valence-corrected chi connectivity index (χ1v) is 7.10. The number of rotatable bonds is 3. The molecule has 1 aromatic carbocycles. The van der Waals surface area contributed by atoms with E-state index in [-0.39, 0.29) is 0 Å².